The second-order valence-corrected chi connectivity index (χ2v) is 4.91. The van der Waals surface area contributed by atoms with Crippen molar-refractivity contribution in [3.63, 3.8) is 0 Å². The van der Waals surface area contributed by atoms with E-state index in [4.69, 9.17) is 4.74 Å². The molecule has 0 aliphatic carbocycles. The topological polar surface area (TPSA) is 49.9 Å². The smallest absolute Gasteiger partial charge is 0.0950 e. The van der Waals surface area contributed by atoms with E-state index >= 15 is 0 Å². The Morgan fingerprint density at radius 3 is 3.05 bits per heavy atom. The molecular weight excluding hydrogens is 238 g/mol. The molecule has 3 aromatic rings. The maximum absolute atomic E-state index is 5.82. The van der Waals surface area contributed by atoms with Crippen molar-refractivity contribution in [1.82, 2.24) is 15.3 Å². The monoisotopic (exact) mass is 253 g/mol. The lowest BCUT2D eigenvalue weighted by atomic mass is 10.0. The summed E-state index contributed by atoms with van der Waals surface area (Å²) in [5, 5.41) is 5.83. The Morgan fingerprint density at radius 1 is 1.16 bits per heavy atom. The number of nitrogens with zero attached hydrogens (tertiary/aromatic N) is 1. The first-order chi connectivity index (χ1) is 9.42. The molecule has 3 heterocycles. The fraction of sp³-hybridized carbons (Fsp3) is 0.267. The van der Waals surface area contributed by atoms with E-state index in [2.05, 4.69) is 39.6 Å². The lowest BCUT2D eigenvalue weighted by Crippen LogP contribution is -2.33. The van der Waals surface area contributed by atoms with Crippen molar-refractivity contribution in [2.45, 2.75) is 6.10 Å². The second-order valence-electron chi connectivity index (χ2n) is 4.91. The van der Waals surface area contributed by atoms with Crippen LogP contribution in [0.4, 0.5) is 0 Å². The highest BCUT2D eigenvalue weighted by Crippen LogP contribution is 2.28. The van der Waals surface area contributed by atoms with Crippen LogP contribution in [-0.4, -0.2) is 29.7 Å². The molecule has 0 saturated carbocycles. The molecule has 4 heteroatoms. The number of aromatic nitrogens is 2. The highest BCUT2D eigenvalue weighted by molar-refractivity contribution is 6.07. The van der Waals surface area contributed by atoms with Gasteiger partial charge in [-0.1, -0.05) is 6.07 Å². The summed E-state index contributed by atoms with van der Waals surface area (Å²) in [7, 11) is 0. The number of pyridine rings is 1. The molecule has 0 amide bonds. The molecule has 0 spiro atoms. The maximum atomic E-state index is 5.82. The standard InChI is InChI=1S/C15H15N3O/c1-2-13-12(11-3-4-16-8-14(11)18-13)7-10(1)15-9-17-5-6-19-15/h1-4,7-8,15,17-18H,5-6,9H2. The lowest BCUT2D eigenvalue weighted by Gasteiger charge is -2.24. The molecule has 1 saturated heterocycles. The van der Waals surface area contributed by atoms with Crippen molar-refractivity contribution in [2.75, 3.05) is 19.7 Å². The van der Waals surface area contributed by atoms with Crippen LogP contribution in [-0.2, 0) is 4.74 Å². The fourth-order valence-electron chi connectivity index (χ4n) is 2.75. The first-order valence-electron chi connectivity index (χ1n) is 6.59. The van der Waals surface area contributed by atoms with Crippen LogP contribution in [0.1, 0.15) is 11.7 Å². The molecule has 4 rings (SSSR count). The zero-order valence-electron chi connectivity index (χ0n) is 10.5. The van der Waals surface area contributed by atoms with Crippen LogP contribution in [0.25, 0.3) is 21.8 Å². The van der Waals surface area contributed by atoms with E-state index in [1.165, 1.54) is 16.3 Å². The first kappa shape index (κ1) is 11.0. The Labute approximate surface area is 110 Å². The van der Waals surface area contributed by atoms with Crippen molar-refractivity contribution in [3.8, 4) is 0 Å². The van der Waals surface area contributed by atoms with Gasteiger partial charge in [0.1, 0.15) is 0 Å². The Kier molecular flexibility index (Phi) is 2.50. The number of rotatable bonds is 1. The molecule has 0 bridgehead atoms. The van der Waals surface area contributed by atoms with Gasteiger partial charge in [-0.15, -0.1) is 0 Å². The summed E-state index contributed by atoms with van der Waals surface area (Å²) >= 11 is 0. The number of morpholine rings is 1. The van der Waals surface area contributed by atoms with E-state index in [1.807, 2.05) is 12.4 Å². The van der Waals surface area contributed by atoms with E-state index in [1.54, 1.807) is 0 Å². The second kappa shape index (κ2) is 4.33. The largest absolute Gasteiger partial charge is 0.371 e. The van der Waals surface area contributed by atoms with Crippen molar-refractivity contribution in [3.05, 3.63) is 42.2 Å². The summed E-state index contributed by atoms with van der Waals surface area (Å²) < 4.78 is 5.82. The minimum Gasteiger partial charge on any atom is -0.371 e. The highest BCUT2D eigenvalue weighted by Gasteiger charge is 2.16. The Hall–Kier alpha value is -1.91. The van der Waals surface area contributed by atoms with Gasteiger partial charge in [0.15, 0.2) is 0 Å². The van der Waals surface area contributed by atoms with Gasteiger partial charge in [0.2, 0.25) is 0 Å². The minimum atomic E-state index is 0.157. The predicted molar refractivity (Wildman–Crippen MR) is 75.2 cm³/mol. The van der Waals surface area contributed by atoms with Gasteiger partial charge in [-0.05, 0) is 23.8 Å². The van der Waals surface area contributed by atoms with Gasteiger partial charge in [-0.3, -0.25) is 4.98 Å². The molecule has 1 aromatic carbocycles. The lowest BCUT2D eigenvalue weighted by molar-refractivity contribution is 0.0278. The molecule has 4 nitrogen and oxygen atoms in total. The Balaban J connectivity index is 1.87. The van der Waals surface area contributed by atoms with Gasteiger partial charge in [-0.25, -0.2) is 0 Å². The van der Waals surface area contributed by atoms with E-state index in [0.29, 0.717) is 0 Å². The van der Waals surface area contributed by atoms with E-state index in [9.17, 15) is 0 Å². The fourth-order valence-corrected chi connectivity index (χ4v) is 2.75. The average molecular weight is 253 g/mol. The quantitative estimate of drug-likeness (QED) is 0.700. The van der Waals surface area contributed by atoms with Crippen LogP contribution in [0.3, 0.4) is 0 Å². The van der Waals surface area contributed by atoms with Crippen LogP contribution in [0.5, 0.6) is 0 Å². The van der Waals surface area contributed by atoms with E-state index in [0.717, 1.165) is 30.7 Å². The van der Waals surface area contributed by atoms with E-state index in [-0.39, 0.29) is 6.10 Å². The predicted octanol–water partition coefficient (Wildman–Crippen LogP) is 2.38. The SMILES string of the molecule is c1cc2c(cn1)[nH]c1ccc(C3CNCCO3)cc12. The van der Waals surface area contributed by atoms with Crippen LogP contribution in [0, 0.1) is 0 Å². The molecule has 1 aliphatic heterocycles. The molecule has 1 atom stereocenters. The number of hydrogen-bond acceptors (Lipinski definition) is 3. The number of ether oxygens (including phenoxy) is 1. The van der Waals surface area contributed by atoms with Crippen molar-refractivity contribution in [2.24, 2.45) is 0 Å². The molecule has 19 heavy (non-hydrogen) atoms. The zero-order valence-corrected chi connectivity index (χ0v) is 10.5. The summed E-state index contributed by atoms with van der Waals surface area (Å²) in [6, 6.07) is 8.55. The molecule has 1 unspecified atom stereocenters. The van der Waals surface area contributed by atoms with Crippen LogP contribution >= 0.6 is 0 Å². The van der Waals surface area contributed by atoms with Gasteiger partial charge in [0, 0.05) is 35.6 Å². The summed E-state index contributed by atoms with van der Waals surface area (Å²) in [5.74, 6) is 0. The maximum Gasteiger partial charge on any atom is 0.0950 e. The summed E-state index contributed by atoms with van der Waals surface area (Å²) in [4.78, 5) is 7.54. The third-order valence-electron chi connectivity index (χ3n) is 3.72. The molecule has 2 N–H and O–H groups in total. The molecule has 1 fully saturated rings. The summed E-state index contributed by atoms with van der Waals surface area (Å²) in [5.41, 5.74) is 3.46. The van der Waals surface area contributed by atoms with Gasteiger partial charge in [0.25, 0.3) is 0 Å². The first-order valence-corrected chi connectivity index (χ1v) is 6.59. The Bertz CT molecular complexity index is 728. The van der Waals surface area contributed by atoms with Gasteiger partial charge < -0.3 is 15.0 Å². The van der Waals surface area contributed by atoms with Crippen molar-refractivity contribution < 1.29 is 4.74 Å². The number of H-pyrrole nitrogens is 1. The van der Waals surface area contributed by atoms with Crippen LogP contribution in [0.15, 0.2) is 36.7 Å². The van der Waals surface area contributed by atoms with Gasteiger partial charge in [-0.2, -0.15) is 0 Å². The third kappa shape index (κ3) is 1.80. The normalized spacial score (nSPS) is 20.1. The molecule has 0 radical (unpaired) electrons. The Morgan fingerprint density at radius 2 is 2.16 bits per heavy atom. The van der Waals surface area contributed by atoms with E-state index < -0.39 is 0 Å². The number of fused-ring (bicyclic) bond motifs is 3. The van der Waals surface area contributed by atoms with Gasteiger partial charge in [0.05, 0.1) is 24.4 Å². The molecule has 2 aromatic heterocycles. The summed E-state index contributed by atoms with van der Waals surface area (Å²) in [6.07, 6.45) is 3.86. The number of hydrogen-bond donors (Lipinski definition) is 2. The molecule has 1 aliphatic rings. The van der Waals surface area contributed by atoms with Crippen molar-refractivity contribution >= 4 is 21.8 Å². The summed E-state index contributed by atoms with van der Waals surface area (Å²) in [6.45, 7) is 2.60. The average Bonchev–Trinajstić information content (AvgIpc) is 2.86. The zero-order chi connectivity index (χ0) is 12.7. The number of nitrogens with one attached hydrogen (secondary N) is 2. The van der Waals surface area contributed by atoms with Crippen molar-refractivity contribution in [1.29, 1.82) is 0 Å². The third-order valence-corrected chi connectivity index (χ3v) is 3.72. The number of aromatic amines is 1. The molecule has 96 valence electrons. The highest BCUT2D eigenvalue weighted by atomic mass is 16.5. The van der Waals surface area contributed by atoms with Crippen LogP contribution in [0.2, 0.25) is 0 Å². The molecular formula is C15H15N3O. The van der Waals surface area contributed by atoms with Crippen LogP contribution < -0.4 is 5.32 Å². The minimum absolute atomic E-state index is 0.157. The number of benzene rings is 1. The van der Waals surface area contributed by atoms with Gasteiger partial charge >= 0.3 is 0 Å².